The molecule has 0 spiro atoms. The standard InChI is InChI=1S/C13H20N4O3/c1-13(2,3)8-16(4)12(18)9-5-6-11(17(19)20)10(7-9)15-14/h5-7,15H,8,14H2,1-4H3. The summed E-state index contributed by atoms with van der Waals surface area (Å²) in [6.07, 6.45) is 0. The molecule has 7 heteroatoms. The van der Waals surface area contributed by atoms with Crippen molar-refractivity contribution in [2.24, 2.45) is 11.3 Å². The summed E-state index contributed by atoms with van der Waals surface area (Å²) in [6, 6.07) is 4.09. The Morgan fingerprint density at radius 2 is 2.05 bits per heavy atom. The first-order valence-corrected chi connectivity index (χ1v) is 6.16. The van der Waals surface area contributed by atoms with Crippen molar-refractivity contribution in [3.8, 4) is 0 Å². The number of carbonyl (C=O) groups is 1. The van der Waals surface area contributed by atoms with Gasteiger partial charge >= 0.3 is 0 Å². The molecule has 1 rings (SSSR count). The molecule has 110 valence electrons. The molecule has 1 aromatic carbocycles. The van der Waals surface area contributed by atoms with Gasteiger partial charge in [-0.05, 0) is 17.5 Å². The van der Waals surface area contributed by atoms with Crippen LogP contribution in [0.25, 0.3) is 0 Å². The number of nitrogens with two attached hydrogens (primary N) is 1. The topological polar surface area (TPSA) is 102 Å². The molecule has 3 N–H and O–H groups in total. The lowest BCUT2D eigenvalue weighted by atomic mass is 9.96. The van der Waals surface area contributed by atoms with E-state index in [1.807, 2.05) is 20.8 Å². The van der Waals surface area contributed by atoms with Crippen molar-refractivity contribution in [1.82, 2.24) is 4.90 Å². The van der Waals surface area contributed by atoms with E-state index in [0.29, 0.717) is 12.1 Å². The minimum absolute atomic E-state index is 0.0276. The van der Waals surface area contributed by atoms with Crippen LogP contribution in [0.2, 0.25) is 0 Å². The third-order valence-electron chi connectivity index (χ3n) is 2.65. The van der Waals surface area contributed by atoms with Crippen LogP contribution < -0.4 is 11.3 Å². The predicted octanol–water partition coefficient (Wildman–Crippen LogP) is 2.00. The average molecular weight is 280 g/mol. The minimum atomic E-state index is -0.553. The number of rotatable bonds is 4. The highest BCUT2D eigenvalue weighted by Crippen LogP contribution is 2.25. The van der Waals surface area contributed by atoms with Crippen molar-refractivity contribution in [3.63, 3.8) is 0 Å². The Balaban J connectivity index is 3.03. The number of carbonyl (C=O) groups excluding carboxylic acids is 1. The quantitative estimate of drug-likeness (QED) is 0.499. The Labute approximate surface area is 117 Å². The number of nitrogens with zero attached hydrogens (tertiary/aromatic N) is 2. The SMILES string of the molecule is CN(CC(C)(C)C)C(=O)c1ccc([N+](=O)[O-])c(NN)c1. The molecule has 0 aliphatic heterocycles. The number of hydrazine groups is 1. The van der Waals surface area contributed by atoms with Crippen molar-refractivity contribution in [1.29, 1.82) is 0 Å². The zero-order valence-corrected chi connectivity index (χ0v) is 12.1. The molecule has 1 amide bonds. The van der Waals surface area contributed by atoms with Gasteiger partial charge in [-0.25, -0.2) is 0 Å². The number of anilines is 1. The highest BCUT2D eigenvalue weighted by Gasteiger charge is 2.21. The molecule has 0 aliphatic carbocycles. The molecule has 0 aliphatic rings. The van der Waals surface area contributed by atoms with Gasteiger partial charge in [0.15, 0.2) is 0 Å². The van der Waals surface area contributed by atoms with Crippen LogP contribution in [0.15, 0.2) is 18.2 Å². The molecule has 20 heavy (non-hydrogen) atoms. The maximum Gasteiger partial charge on any atom is 0.293 e. The number of benzene rings is 1. The Bertz CT molecular complexity index is 523. The van der Waals surface area contributed by atoms with Crippen molar-refractivity contribution >= 4 is 17.3 Å². The second-order valence-corrected chi connectivity index (χ2v) is 5.86. The molecule has 0 atom stereocenters. The van der Waals surface area contributed by atoms with Crippen molar-refractivity contribution in [2.75, 3.05) is 19.0 Å². The fraction of sp³-hybridized carbons (Fsp3) is 0.462. The van der Waals surface area contributed by atoms with Gasteiger partial charge in [0.2, 0.25) is 0 Å². The van der Waals surface area contributed by atoms with Crippen LogP contribution >= 0.6 is 0 Å². The highest BCUT2D eigenvalue weighted by atomic mass is 16.6. The number of nitrogens with one attached hydrogen (secondary N) is 1. The Morgan fingerprint density at radius 3 is 2.50 bits per heavy atom. The van der Waals surface area contributed by atoms with Gasteiger partial charge in [0.25, 0.3) is 11.6 Å². The molecule has 0 heterocycles. The fourth-order valence-electron chi connectivity index (χ4n) is 1.95. The van der Waals surface area contributed by atoms with Gasteiger partial charge in [-0.1, -0.05) is 20.8 Å². The van der Waals surface area contributed by atoms with E-state index < -0.39 is 4.92 Å². The van der Waals surface area contributed by atoms with Crippen LogP contribution in [-0.4, -0.2) is 29.3 Å². The summed E-state index contributed by atoms with van der Waals surface area (Å²) in [4.78, 5) is 24.1. The normalized spacial score (nSPS) is 11.1. The summed E-state index contributed by atoms with van der Waals surface area (Å²) in [5.74, 6) is 5.05. The first-order valence-electron chi connectivity index (χ1n) is 6.16. The molecule has 1 aromatic rings. The zero-order chi connectivity index (χ0) is 15.5. The van der Waals surface area contributed by atoms with Crippen LogP contribution in [0.1, 0.15) is 31.1 Å². The number of amides is 1. The summed E-state index contributed by atoms with van der Waals surface area (Å²) < 4.78 is 0. The van der Waals surface area contributed by atoms with E-state index in [1.54, 1.807) is 11.9 Å². The van der Waals surface area contributed by atoms with E-state index in [0.717, 1.165) is 0 Å². The van der Waals surface area contributed by atoms with Crippen molar-refractivity contribution < 1.29 is 9.72 Å². The predicted molar refractivity (Wildman–Crippen MR) is 77.3 cm³/mol. The molecule has 0 saturated carbocycles. The maximum absolute atomic E-state index is 12.3. The minimum Gasteiger partial charge on any atom is -0.341 e. The highest BCUT2D eigenvalue weighted by molar-refractivity contribution is 5.95. The third kappa shape index (κ3) is 3.92. The molecular weight excluding hydrogens is 260 g/mol. The number of hydrogen-bond acceptors (Lipinski definition) is 5. The summed E-state index contributed by atoms with van der Waals surface area (Å²) in [5.41, 5.74) is 2.53. The van der Waals surface area contributed by atoms with Gasteiger partial charge in [-0.2, -0.15) is 0 Å². The first-order chi connectivity index (χ1) is 9.15. The first kappa shape index (κ1) is 15.9. The largest absolute Gasteiger partial charge is 0.341 e. The molecule has 0 saturated heterocycles. The summed E-state index contributed by atoms with van der Waals surface area (Å²) >= 11 is 0. The van der Waals surface area contributed by atoms with E-state index in [1.165, 1.54) is 18.2 Å². The average Bonchev–Trinajstić information content (AvgIpc) is 2.34. The second kappa shape index (κ2) is 5.87. The number of nitro groups is 1. The molecule has 0 aromatic heterocycles. The van der Waals surface area contributed by atoms with E-state index in [9.17, 15) is 14.9 Å². The molecular formula is C13H20N4O3. The number of nitrogen functional groups attached to an aromatic ring is 1. The molecule has 0 bridgehead atoms. The van der Waals surface area contributed by atoms with E-state index in [2.05, 4.69) is 5.43 Å². The zero-order valence-electron chi connectivity index (χ0n) is 12.1. The van der Waals surface area contributed by atoms with Crippen LogP contribution in [0, 0.1) is 15.5 Å². The van der Waals surface area contributed by atoms with Gasteiger partial charge in [0.05, 0.1) is 4.92 Å². The summed E-state index contributed by atoms with van der Waals surface area (Å²) in [5, 5.41) is 10.8. The van der Waals surface area contributed by atoms with E-state index >= 15 is 0 Å². The van der Waals surface area contributed by atoms with Crippen LogP contribution in [0.5, 0.6) is 0 Å². The van der Waals surface area contributed by atoms with Crippen molar-refractivity contribution in [2.45, 2.75) is 20.8 Å². The maximum atomic E-state index is 12.3. The number of hydrogen-bond donors (Lipinski definition) is 2. The van der Waals surface area contributed by atoms with Crippen LogP contribution in [-0.2, 0) is 0 Å². The van der Waals surface area contributed by atoms with Gasteiger partial charge in [-0.3, -0.25) is 20.8 Å². The third-order valence-corrected chi connectivity index (χ3v) is 2.65. The molecule has 0 unspecified atom stereocenters. The van der Waals surface area contributed by atoms with Gasteiger partial charge in [-0.15, -0.1) is 0 Å². The fourth-order valence-corrected chi connectivity index (χ4v) is 1.95. The molecule has 0 fully saturated rings. The smallest absolute Gasteiger partial charge is 0.293 e. The van der Waals surface area contributed by atoms with Gasteiger partial charge in [0.1, 0.15) is 5.69 Å². The Hall–Kier alpha value is -2.15. The van der Waals surface area contributed by atoms with E-state index in [4.69, 9.17) is 5.84 Å². The summed E-state index contributed by atoms with van der Waals surface area (Å²) in [6.45, 7) is 6.66. The lowest BCUT2D eigenvalue weighted by Gasteiger charge is -2.26. The van der Waals surface area contributed by atoms with E-state index in [-0.39, 0.29) is 22.7 Å². The van der Waals surface area contributed by atoms with Gasteiger partial charge in [0, 0.05) is 25.2 Å². The monoisotopic (exact) mass is 280 g/mol. The molecule has 7 nitrogen and oxygen atoms in total. The summed E-state index contributed by atoms with van der Waals surface area (Å²) in [7, 11) is 1.70. The van der Waals surface area contributed by atoms with Crippen LogP contribution in [0.4, 0.5) is 11.4 Å². The Kier molecular flexibility index (Phi) is 4.67. The van der Waals surface area contributed by atoms with Gasteiger partial charge < -0.3 is 10.3 Å². The van der Waals surface area contributed by atoms with Crippen LogP contribution in [0.3, 0.4) is 0 Å². The number of nitro benzene ring substituents is 1. The Morgan fingerprint density at radius 1 is 1.45 bits per heavy atom. The molecule has 0 radical (unpaired) electrons. The lowest BCUT2D eigenvalue weighted by molar-refractivity contribution is -0.384. The lowest BCUT2D eigenvalue weighted by Crippen LogP contribution is -2.34. The van der Waals surface area contributed by atoms with Crippen molar-refractivity contribution in [3.05, 3.63) is 33.9 Å². The second-order valence-electron chi connectivity index (χ2n) is 5.86.